The molecule has 1 N–H and O–H groups in total. The summed E-state index contributed by atoms with van der Waals surface area (Å²) in [6.45, 7) is 7.10. The summed E-state index contributed by atoms with van der Waals surface area (Å²) in [6, 6.07) is 9.78. The van der Waals surface area contributed by atoms with Crippen LogP contribution >= 0.6 is 0 Å². The summed E-state index contributed by atoms with van der Waals surface area (Å²) in [4.78, 5) is 27.5. The van der Waals surface area contributed by atoms with Gasteiger partial charge in [-0.2, -0.15) is 0 Å². The second kappa shape index (κ2) is 8.53. The van der Waals surface area contributed by atoms with Gasteiger partial charge in [0.2, 0.25) is 5.91 Å². The SMILES string of the molecule is CC(C)NC(=O)CN1CCN(C(=O)OCc2ccccc2)CC1. The third-order valence-corrected chi connectivity index (χ3v) is 3.65. The van der Waals surface area contributed by atoms with Crippen LogP contribution in [0.5, 0.6) is 0 Å². The lowest BCUT2D eigenvalue weighted by Crippen LogP contribution is -2.51. The van der Waals surface area contributed by atoms with Gasteiger partial charge in [0.25, 0.3) is 0 Å². The number of nitrogens with zero attached hydrogens (tertiary/aromatic N) is 2. The van der Waals surface area contributed by atoms with Crippen molar-refractivity contribution in [3.63, 3.8) is 0 Å². The Labute approximate surface area is 137 Å². The number of piperazine rings is 1. The monoisotopic (exact) mass is 319 g/mol. The molecule has 0 bridgehead atoms. The van der Waals surface area contributed by atoms with E-state index in [2.05, 4.69) is 10.2 Å². The van der Waals surface area contributed by atoms with Crippen LogP contribution in [0, 0.1) is 0 Å². The first-order valence-corrected chi connectivity index (χ1v) is 8.02. The maximum atomic E-state index is 12.1. The molecule has 0 atom stereocenters. The van der Waals surface area contributed by atoms with Gasteiger partial charge in [0.05, 0.1) is 6.54 Å². The molecule has 1 saturated heterocycles. The molecule has 6 nitrogen and oxygen atoms in total. The number of rotatable bonds is 5. The van der Waals surface area contributed by atoms with Crippen LogP contribution in [0.3, 0.4) is 0 Å². The maximum Gasteiger partial charge on any atom is 0.410 e. The van der Waals surface area contributed by atoms with Crippen LogP contribution in [0.25, 0.3) is 0 Å². The molecule has 1 aliphatic rings. The summed E-state index contributed by atoms with van der Waals surface area (Å²) in [7, 11) is 0. The van der Waals surface area contributed by atoms with Crippen molar-refractivity contribution in [1.29, 1.82) is 0 Å². The molecule has 1 heterocycles. The topological polar surface area (TPSA) is 61.9 Å². The zero-order chi connectivity index (χ0) is 16.7. The highest BCUT2D eigenvalue weighted by molar-refractivity contribution is 5.78. The van der Waals surface area contributed by atoms with Gasteiger partial charge >= 0.3 is 6.09 Å². The highest BCUT2D eigenvalue weighted by Gasteiger charge is 2.23. The van der Waals surface area contributed by atoms with Crippen molar-refractivity contribution in [2.24, 2.45) is 0 Å². The summed E-state index contributed by atoms with van der Waals surface area (Å²) < 4.78 is 5.33. The van der Waals surface area contributed by atoms with Gasteiger partial charge in [-0.25, -0.2) is 4.79 Å². The molecule has 0 aliphatic carbocycles. The first-order valence-electron chi connectivity index (χ1n) is 8.02. The molecule has 126 valence electrons. The van der Waals surface area contributed by atoms with Crippen molar-refractivity contribution in [1.82, 2.24) is 15.1 Å². The van der Waals surface area contributed by atoms with Gasteiger partial charge in [-0.3, -0.25) is 9.69 Å². The van der Waals surface area contributed by atoms with Gasteiger partial charge in [0, 0.05) is 32.2 Å². The van der Waals surface area contributed by atoms with Crippen LogP contribution in [0.15, 0.2) is 30.3 Å². The molecule has 0 spiro atoms. The van der Waals surface area contributed by atoms with Crippen molar-refractivity contribution >= 4 is 12.0 Å². The molecule has 0 aromatic heterocycles. The Balaban J connectivity index is 1.69. The lowest BCUT2D eigenvalue weighted by atomic mass is 10.2. The van der Waals surface area contributed by atoms with Crippen LogP contribution in [0.2, 0.25) is 0 Å². The van der Waals surface area contributed by atoms with Gasteiger partial charge in [-0.1, -0.05) is 30.3 Å². The van der Waals surface area contributed by atoms with E-state index in [0.29, 0.717) is 32.7 Å². The predicted molar refractivity (Wildman–Crippen MR) is 87.9 cm³/mol. The van der Waals surface area contributed by atoms with E-state index < -0.39 is 0 Å². The van der Waals surface area contributed by atoms with E-state index in [4.69, 9.17) is 4.74 Å². The number of hydrogen-bond donors (Lipinski definition) is 1. The number of benzene rings is 1. The largest absolute Gasteiger partial charge is 0.445 e. The Bertz CT molecular complexity index is 511. The Kier molecular flexibility index (Phi) is 6.40. The zero-order valence-corrected chi connectivity index (χ0v) is 13.8. The first-order chi connectivity index (χ1) is 11.0. The van der Waals surface area contributed by atoms with Crippen LogP contribution in [0.1, 0.15) is 19.4 Å². The Hall–Kier alpha value is -2.08. The van der Waals surface area contributed by atoms with E-state index in [9.17, 15) is 9.59 Å². The first kappa shape index (κ1) is 17.3. The number of hydrogen-bond acceptors (Lipinski definition) is 4. The number of carbonyl (C=O) groups excluding carboxylic acids is 2. The van der Waals surface area contributed by atoms with Crippen molar-refractivity contribution in [2.75, 3.05) is 32.7 Å². The minimum Gasteiger partial charge on any atom is -0.445 e. The fourth-order valence-electron chi connectivity index (χ4n) is 2.47. The third kappa shape index (κ3) is 5.90. The van der Waals surface area contributed by atoms with Gasteiger partial charge in [0.1, 0.15) is 6.61 Å². The zero-order valence-electron chi connectivity index (χ0n) is 13.8. The van der Waals surface area contributed by atoms with Crippen molar-refractivity contribution in [3.05, 3.63) is 35.9 Å². The fraction of sp³-hybridized carbons (Fsp3) is 0.529. The lowest BCUT2D eigenvalue weighted by molar-refractivity contribution is -0.123. The molecule has 0 saturated carbocycles. The third-order valence-electron chi connectivity index (χ3n) is 3.65. The van der Waals surface area contributed by atoms with E-state index in [-0.39, 0.29) is 24.6 Å². The lowest BCUT2D eigenvalue weighted by Gasteiger charge is -2.33. The van der Waals surface area contributed by atoms with Crippen LogP contribution < -0.4 is 5.32 Å². The molecule has 0 unspecified atom stereocenters. The molecular weight excluding hydrogens is 294 g/mol. The summed E-state index contributed by atoms with van der Waals surface area (Å²) in [5, 5.41) is 2.88. The van der Waals surface area contributed by atoms with E-state index in [0.717, 1.165) is 5.56 Å². The quantitative estimate of drug-likeness (QED) is 0.893. The molecule has 6 heteroatoms. The van der Waals surface area contributed by atoms with Crippen molar-refractivity contribution < 1.29 is 14.3 Å². The maximum absolute atomic E-state index is 12.1. The normalized spacial score (nSPS) is 15.5. The highest BCUT2D eigenvalue weighted by atomic mass is 16.6. The Morgan fingerprint density at radius 2 is 1.78 bits per heavy atom. The summed E-state index contributed by atoms with van der Waals surface area (Å²) in [6.07, 6.45) is -0.292. The molecule has 23 heavy (non-hydrogen) atoms. The van der Waals surface area contributed by atoms with Gasteiger partial charge < -0.3 is 15.0 Å². The fourth-order valence-corrected chi connectivity index (χ4v) is 2.47. The van der Waals surface area contributed by atoms with Crippen molar-refractivity contribution in [2.45, 2.75) is 26.5 Å². The number of ether oxygens (including phenoxy) is 1. The molecule has 1 aromatic rings. The van der Waals surface area contributed by atoms with E-state index in [1.807, 2.05) is 44.2 Å². The summed E-state index contributed by atoms with van der Waals surface area (Å²) >= 11 is 0. The minimum absolute atomic E-state index is 0.0279. The Morgan fingerprint density at radius 1 is 1.13 bits per heavy atom. The number of carbonyl (C=O) groups is 2. The van der Waals surface area contributed by atoms with Crippen LogP contribution in [0.4, 0.5) is 4.79 Å². The van der Waals surface area contributed by atoms with E-state index in [1.54, 1.807) is 4.90 Å². The molecule has 1 aromatic carbocycles. The highest BCUT2D eigenvalue weighted by Crippen LogP contribution is 2.06. The molecule has 2 rings (SSSR count). The van der Waals surface area contributed by atoms with Gasteiger partial charge in [-0.15, -0.1) is 0 Å². The molecule has 1 fully saturated rings. The number of nitrogens with one attached hydrogen (secondary N) is 1. The number of amides is 2. The molecule has 1 aliphatic heterocycles. The summed E-state index contributed by atoms with van der Waals surface area (Å²) in [5.74, 6) is 0.0279. The standard InChI is InChI=1S/C17H25N3O3/c1-14(2)18-16(21)12-19-8-10-20(11-9-19)17(22)23-13-15-6-4-3-5-7-15/h3-7,14H,8-13H2,1-2H3,(H,18,21). The molecule has 0 radical (unpaired) electrons. The molecule has 2 amide bonds. The predicted octanol–water partition coefficient (Wildman–Crippen LogP) is 1.47. The summed E-state index contributed by atoms with van der Waals surface area (Å²) in [5.41, 5.74) is 0.977. The van der Waals surface area contributed by atoms with Gasteiger partial charge in [0.15, 0.2) is 0 Å². The minimum atomic E-state index is -0.292. The molecular formula is C17H25N3O3. The second-order valence-electron chi connectivity index (χ2n) is 6.03. The van der Waals surface area contributed by atoms with E-state index >= 15 is 0 Å². The average molecular weight is 319 g/mol. The van der Waals surface area contributed by atoms with Crippen LogP contribution in [-0.4, -0.2) is 60.6 Å². The van der Waals surface area contributed by atoms with Crippen molar-refractivity contribution in [3.8, 4) is 0 Å². The second-order valence-corrected chi connectivity index (χ2v) is 6.03. The Morgan fingerprint density at radius 3 is 2.39 bits per heavy atom. The smallest absolute Gasteiger partial charge is 0.410 e. The average Bonchev–Trinajstić information content (AvgIpc) is 2.53. The van der Waals surface area contributed by atoms with Gasteiger partial charge in [-0.05, 0) is 19.4 Å². The van der Waals surface area contributed by atoms with E-state index in [1.165, 1.54) is 0 Å². The van der Waals surface area contributed by atoms with Crippen LogP contribution in [-0.2, 0) is 16.1 Å².